The average Bonchev–Trinajstić information content (AvgIpc) is 2.89. The molecule has 1 aromatic heterocycles. The second-order valence-electron chi connectivity index (χ2n) is 8.20. The third-order valence-electron chi connectivity index (χ3n) is 4.70. The Hall–Kier alpha value is -2.50. The lowest BCUT2D eigenvalue weighted by atomic mass is 9.86. The van der Waals surface area contributed by atoms with Gasteiger partial charge in [0.2, 0.25) is 0 Å². The van der Waals surface area contributed by atoms with E-state index in [4.69, 9.17) is 4.74 Å². The Morgan fingerprint density at radius 2 is 1.92 bits per heavy atom. The molecular weight excluding hydrogens is 332 g/mol. The monoisotopic (exact) mass is 358 g/mol. The Bertz CT molecular complexity index is 847. The standard InChI is InChI=1S/C20H26N2O4/c1-11(2)17-16-13(12-8-6-7-9-14(12)21-16)10-15(18(23)24)22(17)19(25)26-20(3,4)5/h6-9,11,15,17,21H,10H2,1-5H3,(H,23,24). The second-order valence-corrected chi connectivity index (χ2v) is 8.20. The van der Waals surface area contributed by atoms with Gasteiger partial charge in [0.05, 0.1) is 6.04 Å². The third-order valence-corrected chi connectivity index (χ3v) is 4.70. The van der Waals surface area contributed by atoms with Gasteiger partial charge < -0.3 is 14.8 Å². The minimum atomic E-state index is -1.02. The first kappa shape index (κ1) is 18.3. The van der Waals surface area contributed by atoms with Crippen molar-refractivity contribution in [3.05, 3.63) is 35.5 Å². The van der Waals surface area contributed by atoms with Crippen molar-refractivity contribution in [3.63, 3.8) is 0 Å². The highest BCUT2D eigenvalue weighted by Crippen LogP contribution is 2.41. The number of carbonyl (C=O) groups excluding carboxylic acids is 1. The van der Waals surface area contributed by atoms with Gasteiger partial charge in [-0.3, -0.25) is 4.90 Å². The first-order valence-electron chi connectivity index (χ1n) is 8.93. The van der Waals surface area contributed by atoms with E-state index in [0.717, 1.165) is 22.2 Å². The Balaban J connectivity index is 2.15. The van der Waals surface area contributed by atoms with E-state index >= 15 is 0 Å². The number of benzene rings is 1. The number of hydrogen-bond acceptors (Lipinski definition) is 3. The molecule has 6 heteroatoms. The molecule has 6 nitrogen and oxygen atoms in total. The van der Waals surface area contributed by atoms with Crippen LogP contribution in [0.3, 0.4) is 0 Å². The fraction of sp³-hybridized carbons (Fsp3) is 0.500. The van der Waals surface area contributed by atoms with Crippen LogP contribution in [0.2, 0.25) is 0 Å². The molecule has 1 aliphatic rings. The van der Waals surface area contributed by atoms with E-state index in [0.29, 0.717) is 0 Å². The number of amides is 1. The predicted molar refractivity (Wildman–Crippen MR) is 99.1 cm³/mol. The van der Waals surface area contributed by atoms with Crippen molar-refractivity contribution < 1.29 is 19.4 Å². The van der Waals surface area contributed by atoms with Crippen molar-refractivity contribution in [1.82, 2.24) is 9.88 Å². The van der Waals surface area contributed by atoms with Gasteiger partial charge in [-0.2, -0.15) is 0 Å². The molecule has 2 N–H and O–H groups in total. The van der Waals surface area contributed by atoms with Gasteiger partial charge in [-0.25, -0.2) is 9.59 Å². The number of hydrogen-bond donors (Lipinski definition) is 2. The molecule has 1 amide bonds. The summed E-state index contributed by atoms with van der Waals surface area (Å²) in [7, 11) is 0. The number of carboxylic acids is 1. The number of carboxylic acid groups (broad SMARTS) is 1. The summed E-state index contributed by atoms with van der Waals surface area (Å²) in [6, 6.07) is 6.50. The number of carbonyl (C=O) groups is 2. The number of fused-ring (bicyclic) bond motifs is 3. The minimum absolute atomic E-state index is 0.0245. The summed E-state index contributed by atoms with van der Waals surface area (Å²) in [5, 5.41) is 10.8. The summed E-state index contributed by atoms with van der Waals surface area (Å²) in [5.74, 6) is -0.992. The van der Waals surface area contributed by atoms with Gasteiger partial charge in [-0.1, -0.05) is 32.0 Å². The van der Waals surface area contributed by atoms with Crippen LogP contribution in [0.15, 0.2) is 24.3 Å². The topological polar surface area (TPSA) is 82.6 Å². The zero-order valence-corrected chi connectivity index (χ0v) is 15.9. The van der Waals surface area contributed by atoms with Crippen LogP contribution in [0.4, 0.5) is 4.79 Å². The maximum Gasteiger partial charge on any atom is 0.411 e. The largest absolute Gasteiger partial charge is 0.480 e. The molecule has 1 aliphatic heterocycles. The summed E-state index contributed by atoms with van der Waals surface area (Å²) in [6.07, 6.45) is -0.329. The zero-order valence-electron chi connectivity index (χ0n) is 15.9. The molecule has 2 heterocycles. The normalized spacial score (nSPS) is 20.3. The molecule has 1 aromatic carbocycles. The van der Waals surface area contributed by atoms with Crippen LogP contribution < -0.4 is 0 Å². The van der Waals surface area contributed by atoms with Crippen molar-refractivity contribution in [2.45, 2.75) is 58.7 Å². The van der Waals surface area contributed by atoms with Crippen LogP contribution in [0.25, 0.3) is 10.9 Å². The van der Waals surface area contributed by atoms with Gasteiger partial charge in [0.1, 0.15) is 11.6 Å². The predicted octanol–water partition coefficient (Wildman–Crippen LogP) is 4.11. The molecule has 0 spiro atoms. The molecule has 26 heavy (non-hydrogen) atoms. The summed E-state index contributed by atoms with van der Waals surface area (Å²) >= 11 is 0. The molecule has 140 valence electrons. The van der Waals surface area contributed by atoms with Crippen LogP contribution in [0.5, 0.6) is 0 Å². The van der Waals surface area contributed by atoms with E-state index in [9.17, 15) is 14.7 Å². The first-order valence-corrected chi connectivity index (χ1v) is 8.93. The quantitative estimate of drug-likeness (QED) is 0.846. The summed E-state index contributed by atoms with van der Waals surface area (Å²) in [5.41, 5.74) is 2.15. The van der Waals surface area contributed by atoms with Crippen molar-refractivity contribution in [2.24, 2.45) is 5.92 Å². The van der Waals surface area contributed by atoms with Crippen LogP contribution in [-0.4, -0.2) is 38.7 Å². The number of rotatable bonds is 2. The fourth-order valence-corrected chi connectivity index (χ4v) is 3.73. The lowest BCUT2D eigenvalue weighted by molar-refractivity contribution is -0.145. The maximum atomic E-state index is 12.9. The van der Waals surface area contributed by atoms with Crippen LogP contribution in [0.1, 0.15) is 51.9 Å². The number of nitrogens with zero attached hydrogens (tertiary/aromatic N) is 1. The van der Waals surface area contributed by atoms with Crippen molar-refractivity contribution >= 4 is 23.0 Å². The smallest absolute Gasteiger partial charge is 0.411 e. The fourth-order valence-electron chi connectivity index (χ4n) is 3.73. The van der Waals surface area contributed by atoms with E-state index in [1.54, 1.807) is 20.8 Å². The number of aromatic amines is 1. The number of para-hydroxylation sites is 1. The molecular formula is C20H26N2O4. The highest BCUT2D eigenvalue weighted by atomic mass is 16.6. The molecule has 0 bridgehead atoms. The van der Waals surface area contributed by atoms with Gasteiger partial charge in [-0.15, -0.1) is 0 Å². The number of ether oxygens (including phenoxy) is 1. The Labute approximate surface area is 153 Å². The number of H-pyrrole nitrogens is 1. The molecule has 0 aliphatic carbocycles. The highest BCUT2D eigenvalue weighted by Gasteiger charge is 2.45. The van der Waals surface area contributed by atoms with Gasteiger partial charge in [0.25, 0.3) is 0 Å². The number of aliphatic carboxylic acids is 1. The van der Waals surface area contributed by atoms with Crippen LogP contribution in [-0.2, 0) is 16.0 Å². The average molecular weight is 358 g/mol. The van der Waals surface area contributed by atoms with Crippen molar-refractivity contribution in [3.8, 4) is 0 Å². The molecule has 0 radical (unpaired) electrons. The SMILES string of the molecule is CC(C)C1c2[nH]c3ccccc3c2CC(C(=O)O)N1C(=O)OC(C)(C)C. The van der Waals surface area contributed by atoms with Crippen LogP contribution >= 0.6 is 0 Å². The van der Waals surface area contributed by atoms with Crippen molar-refractivity contribution in [1.29, 1.82) is 0 Å². The number of aromatic nitrogens is 1. The maximum absolute atomic E-state index is 12.9. The Kier molecular flexibility index (Phi) is 4.46. The Morgan fingerprint density at radius 3 is 2.50 bits per heavy atom. The van der Waals surface area contributed by atoms with Gasteiger partial charge in [0, 0.05) is 23.0 Å². The molecule has 2 aromatic rings. The number of nitrogens with one attached hydrogen (secondary N) is 1. The lowest BCUT2D eigenvalue weighted by Crippen LogP contribution is -2.53. The molecule has 0 saturated heterocycles. The summed E-state index contributed by atoms with van der Waals surface area (Å²) < 4.78 is 5.54. The zero-order chi connectivity index (χ0) is 19.2. The second kappa shape index (κ2) is 6.34. The lowest BCUT2D eigenvalue weighted by Gasteiger charge is -2.42. The van der Waals surface area contributed by atoms with E-state index in [1.165, 1.54) is 4.90 Å². The molecule has 0 saturated carbocycles. The van der Waals surface area contributed by atoms with E-state index < -0.39 is 23.7 Å². The molecule has 0 fully saturated rings. The molecule has 2 atom stereocenters. The van der Waals surface area contributed by atoms with E-state index in [2.05, 4.69) is 4.98 Å². The van der Waals surface area contributed by atoms with E-state index in [-0.39, 0.29) is 18.4 Å². The minimum Gasteiger partial charge on any atom is -0.480 e. The van der Waals surface area contributed by atoms with Crippen LogP contribution in [0, 0.1) is 5.92 Å². The summed E-state index contributed by atoms with van der Waals surface area (Å²) in [4.78, 5) is 29.7. The first-order chi connectivity index (χ1) is 12.1. The van der Waals surface area contributed by atoms with Gasteiger partial charge in [0.15, 0.2) is 0 Å². The van der Waals surface area contributed by atoms with Gasteiger partial charge in [-0.05, 0) is 38.3 Å². The Morgan fingerprint density at radius 1 is 1.27 bits per heavy atom. The van der Waals surface area contributed by atoms with Crippen molar-refractivity contribution in [2.75, 3.05) is 0 Å². The van der Waals surface area contributed by atoms with E-state index in [1.807, 2.05) is 38.1 Å². The van der Waals surface area contributed by atoms with Gasteiger partial charge >= 0.3 is 12.1 Å². The highest BCUT2D eigenvalue weighted by molar-refractivity contribution is 5.88. The molecule has 3 rings (SSSR count). The third kappa shape index (κ3) is 3.16. The summed E-state index contributed by atoms with van der Waals surface area (Å²) in [6.45, 7) is 9.32. The molecule has 2 unspecified atom stereocenters.